The van der Waals surface area contributed by atoms with Crippen molar-refractivity contribution in [2.45, 2.75) is 6.92 Å². The van der Waals surface area contributed by atoms with Gasteiger partial charge in [0.1, 0.15) is 0 Å². The lowest BCUT2D eigenvalue weighted by Gasteiger charge is -2.10. The van der Waals surface area contributed by atoms with E-state index in [0.717, 1.165) is 16.7 Å². The second-order valence-electron chi connectivity index (χ2n) is 5.81. The van der Waals surface area contributed by atoms with Crippen LogP contribution in [0.25, 0.3) is 17.0 Å². The number of anilines is 1. The average Bonchev–Trinajstić information content (AvgIpc) is 3.03. The van der Waals surface area contributed by atoms with Crippen LogP contribution in [0.2, 0.25) is 5.02 Å². The Balaban J connectivity index is 1.58. The lowest BCUT2D eigenvalue weighted by molar-refractivity contribution is -0.116. The first-order valence-corrected chi connectivity index (χ1v) is 8.13. The number of halogens is 1. The summed E-state index contributed by atoms with van der Waals surface area (Å²) >= 11 is 6.08. The maximum absolute atomic E-state index is 12.7. The predicted octanol–water partition coefficient (Wildman–Crippen LogP) is 3.56. The molecule has 0 saturated heterocycles. The predicted molar refractivity (Wildman–Crippen MR) is 95.8 cm³/mol. The Morgan fingerprint density at radius 1 is 1.20 bits per heavy atom. The molecule has 1 heterocycles. The summed E-state index contributed by atoms with van der Waals surface area (Å²) in [4.78, 5) is 12.7. The highest BCUT2D eigenvalue weighted by Crippen LogP contribution is 2.47. The molecule has 0 unspecified atom stereocenters. The molecule has 3 aromatic rings. The highest BCUT2D eigenvalue weighted by Gasteiger charge is 2.40. The van der Waals surface area contributed by atoms with E-state index in [9.17, 15) is 4.79 Å². The number of H-pyrrole nitrogens is 1. The molecule has 6 nitrogen and oxygen atoms in total. The van der Waals surface area contributed by atoms with Gasteiger partial charge in [-0.05, 0) is 41.5 Å². The van der Waals surface area contributed by atoms with Crippen molar-refractivity contribution in [1.29, 1.82) is 0 Å². The minimum absolute atomic E-state index is 0.0941. The fourth-order valence-electron chi connectivity index (χ4n) is 2.97. The van der Waals surface area contributed by atoms with E-state index >= 15 is 0 Å². The second kappa shape index (κ2) is 6.14. The van der Waals surface area contributed by atoms with Crippen molar-refractivity contribution in [3.05, 3.63) is 64.7 Å². The molecule has 124 valence electrons. The zero-order valence-corrected chi connectivity index (χ0v) is 14.1. The minimum Gasteiger partial charge on any atom is -0.325 e. The van der Waals surface area contributed by atoms with Crippen molar-refractivity contribution in [3.8, 4) is 11.4 Å². The summed E-state index contributed by atoms with van der Waals surface area (Å²) in [6.45, 7) is 1.98. The molecule has 0 saturated carbocycles. The summed E-state index contributed by atoms with van der Waals surface area (Å²) in [5, 5.41) is 17.4. The number of carbonyl (C=O) groups is 1. The number of aromatic amines is 1. The number of benzene rings is 2. The van der Waals surface area contributed by atoms with Gasteiger partial charge in [-0.15, -0.1) is 10.2 Å². The van der Waals surface area contributed by atoms with Gasteiger partial charge in [0, 0.05) is 10.6 Å². The van der Waals surface area contributed by atoms with E-state index in [-0.39, 0.29) is 11.8 Å². The highest BCUT2D eigenvalue weighted by molar-refractivity contribution is 6.31. The van der Waals surface area contributed by atoms with Crippen LogP contribution in [0.15, 0.2) is 54.1 Å². The molecule has 1 atom stereocenters. The molecule has 7 heteroatoms. The molecule has 1 amide bonds. The van der Waals surface area contributed by atoms with Gasteiger partial charge in [-0.3, -0.25) is 4.79 Å². The number of amides is 1. The molecule has 0 aliphatic heterocycles. The van der Waals surface area contributed by atoms with E-state index in [4.69, 9.17) is 11.6 Å². The van der Waals surface area contributed by atoms with Gasteiger partial charge in [0.2, 0.25) is 11.7 Å². The van der Waals surface area contributed by atoms with Crippen LogP contribution in [0.5, 0.6) is 0 Å². The molecular formula is C18H14ClN5O. The van der Waals surface area contributed by atoms with E-state index in [2.05, 4.69) is 25.9 Å². The van der Waals surface area contributed by atoms with Gasteiger partial charge < -0.3 is 5.32 Å². The third-order valence-corrected chi connectivity index (χ3v) is 4.47. The zero-order chi connectivity index (χ0) is 17.4. The third-order valence-electron chi connectivity index (χ3n) is 4.24. The molecule has 0 radical (unpaired) electrons. The van der Waals surface area contributed by atoms with E-state index < -0.39 is 0 Å². The number of tetrazole rings is 1. The third kappa shape index (κ3) is 2.92. The number of aromatic nitrogens is 4. The lowest BCUT2D eigenvalue weighted by Crippen LogP contribution is -2.16. The maximum atomic E-state index is 12.7. The van der Waals surface area contributed by atoms with Crippen LogP contribution in [0.3, 0.4) is 0 Å². The van der Waals surface area contributed by atoms with Crippen LogP contribution in [0.4, 0.5) is 5.69 Å². The lowest BCUT2D eigenvalue weighted by atomic mass is 10.1. The Hall–Kier alpha value is -2.99. The van der Waals surface area contributed by atoms with Gasteiger partial charge in [-0.1, -0.05) is 47.5 Å². The number of rotatable bonds is 4. The molecule has 1 aliphatic rings. The topological polar surface area (TPSA) is 83.6 Å². The molecule has 0 bridgehead atoms. The van der Waals surface area contributed by atoms with Crippen molar-refractivity contribution in [1.82, 2.24) is 20.6 Å². The molecule has 0 fully saturated rings. The molecule has 1 aromatic heterocycles. The van der Waals surface area contributed by atoms with Crippen LogP contribution < -0.4 is 5.32 Å². The summed E-state index contributed by atoms with van der Waals surface area (Å²) in [6.07, 6.45) is 0. The van der Waals surface area contributed by atoms with Crippen LogP contribution in [0.1, 0.15) is 12.5 Å². The van der Waals surface area contributed by atoms with Gasteiger partial charge in [-0.25, -0.2) is 0 Å². The Labute approximate surface area is 148 Å². The van der Waals surface area contributed by atoms with Gasteiger partial charge in [0.05, 0.1) is 11.6 Å². The SMILES string of the molecule is CC1=C(c2ccccc2)[C@@H]1C(=O)Nc1cc(Cl)ccc1-c1nn[nH]n1. The van der Waals surface area contributed by atoms with Crippen LogP contribution in [0, 0.1) is 5.92 Å². The Bertz CT molecular complexity index is 966. The monoisotopic (exact) mass is 351 g/mol. The van der Waals surface area contributed by atoms with Gasteiger partial charge >= 0.3 is 0 Å². The molecule has 1 aliphatic carbocycles. The molecule has 2 aromatic carbocycles. The molecule has 4 rings (SSSR count). The number of hydrogen-bond donors (Lipinski definition) is 2. The van der Waals surface area contributed by atoms with E-state index in [1.54, 1.807) is 18.2 Å². The molecule has 2 N–H and O–H groups in total. The molecule has 0 spiro atoms. The Morgan fingerprint density at radius 3 is 2.72 bits per heavy atom. The van der Waals surface area contributed by atoms with E-state index in [1.165, 1.54) is 0 Å². The zero-order valence-electron chi connectivity index (χ0n) is 13.3. The highest BCUT2D eigenvalue weighted by atomic mass is 35.5. The number of carbonyl (C=O) groups excluding carboxylic acids is 1. The summed E-state index contributed by atoms with van der Waals surface area (Å²) in [5.74, 6) is 0.0820. The summed E-state index contributed by atoms with van der Waals surface area (Å²) in [6, 6.07) is 15.1. The molecular weight excluding hydrogens is 338 g/mol. The molecule has 25 heavy (non-hydrogen) atoms. The van der Waals surface area contributed by atoms with Gasteiger partial charge in [-0.2, -0.15) is 5.21 Å². The average molecular weight is 352 g/mol. The minimum atomic E-state index is -0.223. The van der Waals surface area contributed by atoms with Crippen LogP contribution >= 0.6 is 11.6 Å². The maximum Gasteiger partial charge on any atom is 0.236 e. The number of hydrogen-bond acceptors (Lipinski definition) is 4. The van der Waals surface area contributed by atoms with Crippen molar-refractivity contribution < 1.29 is 4.79 Å². The smallest absolute Gasteiger partial charge is 0.236 e. The first-order valence-electron chi connectivity index (χ1n) is 7.75. The van der Waals surface area contributed by atoms with Crippen LogP contribution in [-0.4, -0.2) is 26.5 Å². The van der Waals surface area contributed by atoms with Crippen LogP contribution in [-0.2, 0) is 4.79 Å². The van der Waals surface area contributed by atoms with Gasteiger partial charge in [0.25, 0.3) is 0 Å². The Morgan fingerprint density at radius 2 is 2.00 bits per heavy atom. The van der Waals surface area contributed by atoms with Crippen molar-refractivity contribution in [2.75, 3.05) is 5.32 Å². The fraction of sp³-hybridized carbons (Fsp3) is 0.111. The quantitative estimate of drug-likeness (QED) is 0.752. The normalized spacial score (nSPS) is 16.0. The standard InChI is InChI=1S/C18H14ClN5O/c1-10-15(11-5-3-2-4-6-11)16(10)18(25)20-14-9-12(19)7-8-13(14)17-21-23-24-22-17/h2-9,16H,1H3,(H,20,25)(H,21,22,23,24)/t16-/m1/s1. The van der Waals surface area contributed by atoms with Crippen molar-refractivity contribution in [3.63, 3.8) is 0 Å². The van der Waals surface area contributed by atoms with E-state index in [0.29, 0.717) is 22.1 Å². The number of nitrogens with zero attached hydrogens (tertiary/aromatic N) is 3. The van der Waals surface area contributed by atoms with Crippen molar-refractivity contribution in [2.24, 2.45) is 5.92 Å². The number of nitrogens with one attached hydrogen (secondary N) is 2. The second-order valence-corrected chi connectivity index (χ2v) is 6.25. The van der Waals surface area contributed by atoms with Crippen molar-refractivity contribution >= 4 is 28.8 Å². The summed E-state index contributed by atoms with van der Waals surface area (Å²) in [5.41, 5.74) is 4.44. The largest absolute Gasteiger partial charge is 0.325 e. The Kier molecular flexibility index (Phi) is 3.82. The first-order chi connectivity index (χ1) is 12.1. The fourth-order valence-corrected chi connectivity index (χ4v) is 3.14. The summed E-state index contributed by atoms with van der Waals surface area (Å²) in [7, 11) is 0. The van der Waals surface area contributed by atoms with Gasteiger partial charge in [0.15, 0.2) is 0 Å². The summed E-state index contributed by atoms with van der Waals surface area (Å²) < 4.78 is 0. The first kappa shape index (κ1) is 15.5. The van der Waals surface area contributed by atoms with E-state index in [1.807, 2.05) is 37.3 Å².